The van der Waals surface area contributed by atoms with E-state index in [-0.39, 0.29) is 11.6 Å². The molecule has 2 nitrogen and oxygen atoms in total. The minimum Gasteiger partial charge on any atom is -0.303 e. The summed E-state index contributed by atoms with van der Waals surface area (Å²) in [5.74, 6) is -0.0246. The van der Waals surface area contributed by atoms with Gasteiger partial charge in [-0.15, -0.1) is 0 Å². The molecule has 0 atom stereocenters. The van der Waals surface area contributed by atoms with Crippen LogP contribution in [0, 0.1) is 12.7 Å². The van der Waals surface area contributed by atoms with Crippen molar-refractivity contribution in [2.24, 2.45) is 0 Å². The summed E-state index contributed by atoms with van der Waals surface area (Å²) in [5, 5.41) is 0. The van der Waals surface area contributed by atoms with Gasteiger partial charge in [0.25, 0.3) is 0 Å². The number of benzene rings is 1. The molecule has 0 aromatic heterocycles. The summed E-state index contributed by atoms with van der Waals surface area (Å²) in [4.78, 5) is 14.1. The first-order chi connectivity index (χ1) is 8.56. The molecule has 0 amide bonds. The number of halogens is 1. The van der Waals surface area contributed by atoms with Crippen LogP contribution >= 0.6 is 0 Å². The fraction of sp³-hybridized carbons (Fsp3) is 0.533. The number of carbonyl (C=O) groups is 1. The standard InChI is InChI=1S/C15H22FNO/c1-4-17(5-2)9-8-15(18)11-13-6-7-14(16)10-12(13)3/h6-7,10H,4-5,8-9,11H2,1-3H3. The van der Waals surface area contributed by atoms with Gasteiger partial charge in [0.2, 0.25) is 0 Å². The van der Waals surface area contributed by atoms with Crippen LogP contribution in [0.5, 0.6) is 0 Å². The van der Waals surface area contributed by atoms with E-state index in [2.05, 4.69) is 18.7 Å². The van der Waals surface area contributed by atoms with E-state index in [1.54, 1.807) is 6.07 Å². The monoisotopic (exact) mass is 251 g/mol. The molecule has 0 saturated carbocycles. The molecule has 0 aliphatic carbocycles. The quantitative estimate of drug-likeness (QED) is 0.742. The SMILES string of the molecule is CCN(CC)CCC(=O)Cc1ccc(F)cc1C. The molecule has 0 aliphatic heterocycles. The number of aryl methyl sites for hydroxylation is 1. The highest BCUT2D eigenvalue weighted by atomic mass is 19.1. The normalized spacial score (nSPS) is 10.9. The van der Waals surface area contributed by atoms with Gasteiger partial charge in [-0.3, -0.25) is 4.79 Å². The number of carbonyl (C=O) groups excluding carboxylic acids is 1. The van der Waals surface area contributed by atoms with Crippen LogP contribution in [0.3, 0.4) is 0 Å². The number of Topliss-reactive ketones (excluding diaryl/α,β-unsaturated/α-hetero) is 1. The van der Waals surface area contributed by atoms with E-state index in [0.717, 1.165) is 30.8 Å². The van der Waals surface area contributed by atoms with Gasteiger partial charge in [-0.2, -0.15) is 0 Å². The van der Waals surface area contributed by atoms with Gasteiger partial charge in [0.1, 0.15) is 11.6 Å². The zero-order chi connectivity index (χ0) is 13.5. The summed E-state index contributed by atoms with van der Waals surface area (Å²) in [7, 11) is 0. The second-order valence-electron chi connectivity index (χ2n) is 4.56. The van der Waals surface area contributed by atoms with Crippen molar-refractivity contribution in [1.82, 2.24) is 4.90 Å². The van der Waals surface area contributed by atoms with Crippen molar-refractivity contribution in [3.63, 3.8) is 0 Å². The van der Waals surface area contributed by atoms with Crippen LogP contribution in [-0.4, -0.2) is 30.3 Å². The lowest BCUT2D eigenvalue weighted by Crippen LogP contribution is -2.26. The van der Waals surface area contributed by atoms with Crippen LogP contribution in [0.25, 0.3) is 0 Å². The molecule has 0 fully saturated rings. The molecule has 18 heavy (non-hydrogen) atoms. The average Bonchev–Trinajstić information content (AvgIpc) is 2.34. The Morgan fingerprint density at radius 1 is 1.28 bits per heavy atom. The maximum Gasteiger partial charge on any atom is 0.138 e. The molecule has 0 spiro atoms. The molecule has 0 unspecified atom stereocenters. The van der Waals surface area contributed by atoms with Crippen LogP contribution in [-0.2, 0) is 11.2 Å². The van der Waals surface area contributed by atoms with E-state index in [1.807, 2.05) is 6.92 Å². The fourth-order valence-corrected chi connectivity index (χ4v) is 1.98. The third kappa shape index (κ3) is 4.57. The van der Waals surface area contributed by atoms with Crippen LogP contribution in [0.4, 0.5) is 4.39 Å². The molecule has 100 valence electrons. The van der Waals surface area contributed by atoms with E-state index < -0.39 is 0 Å². The molecule has 1 aromatic carbocycles. The first-order valence-corrected chi connectivity index (χ1v) is 6.55. The molecule has 0 radical (unpaired) electrons. The van der Waals surface area contributed by atoms with Crippen molar-refractivity contribution >= 4 is 5.78 Å². The maximum absolute atomic E-state index is 12.9. The fourth-order valence-electron chi connectivity index (χ4n) is 1.98. The van der Waals surface area contributed by atoms with Gasteiger partial charge in [0, 0.05) is 19.4 Å². The Hall–Kier alpha value is -1.22. The van der Waals surface area contributed by atoms with Gasteiger partial charge < -0.3 is 4.90 Å². The van der Waals surface area contributed by atoms with Crippen molar-refractivity contribution in [1.29, 1.82) is 0 Å². The first kappa shape index (κ1) is 14.8. The summed E-state index contributed by atoms with van der Waals surface area (Å²) in [6.07, 6.45) is 0.978. The Morgan fingerprint density at radius 3 is 2.50 bits per heavy atom. The van der Waals surface area contributed by atoms with E-state index in [0.29, 0.717) is 12.8 Å². The zero-order valence-corrected chi connectivity index (χ0v) is 11.5. The van der Waals surface area contributed by atoms with Crippen molar-refractivity contribution in [2.75, 3.05) is 19.6 Å². The molecule has 0 saturated heterocycles. The number of hydrogen-bond acceptors (Lipinski definition) is 2. The predicted octanol–water partition coefficient (Wildman–Crippen LogP) is 2.98. The minimum atomic E-state index is -0.244. The second kappa shape index (κ2) is 7.27. The summed E-state index contributed by atoms with van der Waals surface area (Å²) >= 11 is 0. The molecule has 0 bridgehead atoms. The molecule has 3 heteroatoms. The summed E-state index contributed by atoms with van der Waals surface area (Å²) in [5.41, 5.74) is 1.78. The number of ketones is 1. The van der Waals surface area contributed by atoms with Crippen LogP contribution in [0.15, 0.2) is 18.2 Å². The predicted molar refractivity (Wildman–Crippen MR) is 72.3 cm³/mol. The highest BCUT2D eigenvalue weighted by molar-refractivity contribution is 5.81. The number of rotatable bonds is 7. The molecule has 1 aromatic rings. The van der Waals surface area contributed by atoms with Crippen molar-refractivity contribution in [3.05, 3.63) is 35.1 Å². The Balaban J connectivity index is 2.49. The van der Waals surface area contributed by atoms with Crippen LogP contribution in [0.2, 0.25) is 0 Å². The lowest BCUT2D eigenvalue weighted by molar-refractivity contribution is -0.118. The highest BCUT2D eigenvalue weighted by Crippen LogP contribution is 2.11. The molecular weight excluding hydrogens is 229 g/mol. The van der Waals surface area contributed by atoms with Crippen molar-refractivity contribution in [2.45, 2.75) is 33.6 Å². The molecule has 1 rings (SSSR count). The smallest absolute Gasteiger partial charge is 0.138 e. The average molecular weight is 251 g/mol. The largest absolute Gasteiger partial charge is 0.303 e. The van der Waals surface area contributed by atoms with E-state index in [4.69, 9.17) is 0 Å². The Morgan fingerprint density at radius 2 is 1.94 bits per heavy atom. The summed E-state index contributed by atoms with van der Waals surface area (Å²) < 4.78 is 12.9. The van der Waals surface area contributed by atoms with E-state index in [9.17, 15) is 9.18 Å². The van der Waals surface area contributed by atoms with Gasteiger partial charge in [-0.05, 0) is 43.3 Å². The van der Waals surface area contributed by atoms with Gasteiger partial charge in [0.15, 0.2) is 0 Å². The molecule has 0 heterocycles. The third-order valence-corrected chi connectivity index (χ3v) is 3.29. The lowest BCUT2D eigenvalue weighted by Gasteiger charge is -2.17. The topological polar surface area (TPSA) is 20.3 Å². The Labute approximate surface area is 109 Å². The van der Waals surface area contributed by atoms with Gasteiger partial charge in [-0.25, -0.2) is 4.39 Å². The highest BCUT2D eigenvalue weighted by Gasteiger charge is 2.08. The van der Waals surface area contributed by atoms with Crippen molar-refractivity contribution < 1.29 is 9.18 Å². The molecule has 0 aliphatic rings. The number of nitrogens with zero attached hydrogens (tertiary/aromatic N) is 1. The van der Waals surface area contributed by atoms with E-state index in [1.165, 1.54) is 12.1 Å². The van der Waals surface area contributed by atoms with Crippen LogP contribution in [0.1, 0.15) is 31.4 Å². The molecule has 0 N–H and O–H groups in total. The number of hydrogen-bond donors (Lipinski definition) is 0. The second-order valence-corrected chi connectivity index (χ2v) is 4.56. The van der Waals surface area contributed by atoms with E-state index >= 15 is 0 Å². The van der Waals surface area contributed by atoms with Gasteiger partial charge >= 0.3 is 0 Å². The van der Waals surface area contributed by atoms with Gasteiger partial charge in [0.05, 0.1) is 0 Å². The Bertz CT molecular complexity index is 399. The zero-order valence-electron chi connectivity index (χ0n) is 11.5. The lowest BCUT2D eigenvalue weighted by atomic mass is 10.0. The third-order valence-electron chi connectivity index (χ3n) is 3.29. The van der Waals surface area contributed by atoms with Crippen LogP contribution < -0.4 is 0 Å². The minimum absolute atomic E-state index is 0.219. The summed E-state index contributed by atoms with van der Waals surface area (Å²) in [6, 6.07) is 4.60. The maximum atomic E-state index is 12.9. The first-order valence-electron chi connectivity index (χ1n) is 6.55. The molecular formula is C15H22FNO. The summed E-state index contributed by atoms with van der Waals surface area (Å²) in [6.45, 7) is 8.79. The van der Waals surface area contributed by atoms with Gasteiger partial charge in [-0.1, -0.05) is 19.9 Å². The van der Waals surface area contributed by atoms with Crippen molar-refractivity contribution in [3.8, 4) is 0 Å². The Kier molecular flexibility index (Phi) is 5.99.